The van der Waals surface area contributed by atoms with Crippen molar-refractivity contribution in [1.29, 1.82) is 0 Å². The van der Waals surface area contributed by atoms with Crippen LogP contribution in [-0.2, 0) is 4.79 Å². The molecule has 0 saturated carbocycles. The molecule has 3 aromatic carbocycles. The van der Waals surface area contributed by atoms with Crippen LogP contribution >= 0.6 is 11.6 Å². The zero-order valence-electron chi connectivity index (χ0n) is 18.8. The second kappa shape index (κ2) is 10.6. The number of benzene rings is 3. The van der Waals surface area contributed by atoms with E-state index in [1.54, 1.807) is 24.3 Å². The minimum atomic E-state index is -0.246. The third kappa shape index (κ3) is 6.66. The Labute approximate surface area is 202 Å². The molecule has 4 aromatic rings. The number of anilines is 6. The van der Waals surface area contributed by atoms with Crippen LogP contribution in [0.3, 0.4) is 0 Å². The monoisotopic (exact) mass is 473 g/mol. The van der Waals surface area contributed by atoms with Crippen molar-refractivity contribution < 1.29 is 4.79 Å². The van der Waals surface area contributed by atoms with E-state index in [9.17, 15) is 4.79 Å². The van der Waals surface area contributed by atoms with Gasteiger partial charge in [-0.05, 0) is 62.4 Å². The summed E-state index contributed by atoms with van der Waals surface area (Å²) in [5.74, 6) is 0.692. The van der Waals surface area contributed by atoms with Gasteiger partial charge in [-0.3, -0.25) is 4.79 Å². The summed E-state index contributed by atoms with van der Waals surface area (Å²) in [4.78, 5) is 25.7. The number of halogens is 1. The molecule has 0 aliphatic rings. The molecule has 0 radical (unpaired) electrons. The number of nitrogens with one attached hydrogen (secondary N) is 4. The lowest BCUT2D eigenvalue weighted by atomic mass is 10.2. The number of hydrogen-bond acceptors (Lipinski definition) is 7. The second-order valence-corrected chi connectivity index (χ2v) is 8.13. The summed E-state index contributed by atoms with van der Waals surface area (Å²) in [6, 6.07) is 22.6. The Morgan fingerprint density at radius 3 is 1.62 bits per heavy atom. The van der Waals surface area contributed by atoms with Crippen LogP contribution in [-0.4, -0.2) is 27.4 Å². The molecule has 0 atom stereocenters. The number of rotatable bonds is 8. The number of hydrogen-bond donors (Lipinski definition) is 4. The van der Waals surface area contributed by atoms with Crippen LogP contribution in [0.1, 0.15) is 11.1 Å². The fraction of sp³-hybridized carbons (Fsp3) is 0.120. The maximum absolute atomic E-state index is 12.4. The molecule has 0 unspecified atom stereocenters. The van der Waals surface area contributed by atoms with Crippen molar-refractivity contribution in [3.05, 3.63) is 88.9 Å². The Morgan fingerprint density at radius 2 is 1.12 bits per heavy atom. The number of carbonyl (C=O) groups excluding carboxylic acids is 1. The maximum Gasteiger partial charge on any atom is 0.243 e. The van der Waals surface area contributed by atoms with E-state index in [2.05, 4.69) is 36.2 Å². The molecule has 8 nitrogen and oxygen atoms in total. The first-order valence-corrected chi connectivity index (χ1v) is 11.0. The van der Waals surface area contributed by atoms with E-state index in [0.29, 0.717) is 22.6 Å². The van der Waals surface area contributed by atoms with Gasteiger partial charge in [-0.25, -0.2) is 0 Å². The highest BCUT2D eigenvalue weighted by Gasteiger charge is 2.10. The zero-order valence-corrected chi connectivity index (χ0v) is 19.5. The molecule has 172 valence electrons. The Morgan fingerprint density at radius 1 is 0.676 bits per heavy atom. The van der Waals surface area contributed by atoms with Gasteiger partial charge in [0, 0.05) is 22.1 Å². The van der Waals surface area contributed by atoms with Gasteiger partial charge < -0.3 is 21.3 Å². The van der Waals surface area contributed by atoms with Gasteiger partial charge in [0.2, 0.25) is 23.8 Å². The average molecular weight is 474 g/mol. The first-order valence-electron chi connectivity index (χ1n) is 10.7. The Hall–Kier alpha value is -4.17. The van der Waals surface area contributed by atoms with E-state index in [1.807, 2.05) is 62.4 Å². The summed E-state index contributed by atoms with van der Waals surface area (Å²) in [7, 11) is 0. The number of carbonyl (C=O) groups is 1. The van der Waals surface area contributed by atoms with Gasteiger partial charge in [-0.15, -0.1) is 0 Å². The maximum atomic E-state index is 12.4. The highest BCUT2D eigenvalue weighted by atomic mass is 35.5. The van der Waals surface area contributed by atoms with E-state index in [4.69, 9.17) is 11.6 Å². The number of aryl methyl sites for hydroxylation is 2. The molecule has 0 fully saturated rings. The molecule has 1 aromatic heterocycles. The normalized spacial score (nSPS) is 10.4. The minimum Gasteiger partial charge on any atom is -0.345 e. The molecule has 9 heteroatoms. The van der Waals surface area contributed by atoms with Crippen LogP contribution in [0.5, 0.6) is 0 Å². The minimum absolute atomic E-state index is 0.0272. The molecule has 0 aliphatic carbocycles. The molecule has 0 saturated heterocycles. The summed E-state index contributed by atoms with van der Waals surface area (Å²) in [6.45, 7) is 4.02. The predicted molar refractivity (Wildman–Crippen MR) is 137 cm³/mol. The van der Waals surface area contributed by atoms with Crippen molar-refractivity contribution in [2.45, 2.75) is 13.8 Å². The van der Waals surface area contributed by atoms with Crippen LogP contribution in [0.4, 0.5) is 34.9 Å². The topological polar surface area (TPSA) is 104 Å². The standard InChI is InChI=1S/C25H24ClN7O/c1-16-3-9-20(10-4-16)29-24-31-23(27-15-22(34)28-19-13-7-18(26)8-14-19)32-25(33-24)30-21-11-5-17(2)6-12-21/h3-14H,15H2,1-2H3,(H,28,34)(H3,27,29,30,31,32,33). The van der Waals surface area contributed by atoms with Crippen molar-refractivity contribution in [1.82, 2.24) is 15.0 Å². The quantitative estimate of drug-likeness (QED) is 0.261. The largest absolute Gasteiger partial charge is 0.345 e. The average Bonchev–Trinajstić information content (AvgIpc) is 2.82. The third-order valence-corrected chi connectivity index (χ3v) is 5.04. The summed E-state index contributed by atoms with van der Waals surface area (Å²) in [6.07, 6.45) is 0. The first-order chi connectivity index (χ1) is 16.4. The molecule has 0 aliphatic heterocycles. The van der Waals surface area contributed by atoms with Gasteiger partial charge in [0.25, 0.3) is 0 Å². The predicted octanol–water partition coefficient (Wildman–Crippen LogP) is 5.68. The zero-order chi connectivity index (χ0) is 23.9. The van der Waals surface area contributed by atoms with Gasteiger partial charge >= 0.3 is 0 Å². The smallest absolute Gasteiger partial charge is 0.243 e. The van der Waals surface area contributed by atoms with Crippen molar-refractivity contribution in [2.24, 2.45) is 0 Å². The van der Waals surface area contributed by atoms with Gasteiger partial charge in [0.1, 0.15) is 0 Å². The first kappa shape index (κ1) is 23.0. The van der Waals surface area contributed by atoms with Crippen molar-refractivity contribution in [2.75, 3.05) is 27.8 Å². The molecule has 34 heavy (non-hydrogen) atoms. The summed E-state index contributed by atoms with van der Waals surface area (Å²) in [5.41, 5.74) is 4.62. The van der Waals surface area contributed by atoms with E-state index >= 15 is 0 Å². The second-order valence-electron chi connectivity index (χ2n) is 7.70. The van der Waals surface area contributed by atoms with Crippen molar-refractivity contribution in [3.63, 3.8) is 0 Å². The summed E-state index contributed by atoms with van der Waals surface area (Å²) < 4.78 is 0. The number of aromatic nitrogens is 3. The number of amides is 1. The molecule has 4 rings (SSSR count). The lowest BCUT2D eigenvalue weighted by molar-refractivity contribution is -0.114. The molecular weight excluding hydrogens is 450 g/mol. The van der Waals surface area contributed by atoms with Crippen LogP contribution in [0.15, 0.2) is 72.8 Å². The van der Waals surface area contributed by atoms with Gasteiger partial charge in [0.05, 0.1) is 6.54 Å². The molecular formula is C25H24ClN7O. The van der Waals surface area contributed by atoms with E-state index in [1.165, 1.54) is 0 Å². The Kier molecular flexibility index (Phi) is 7.19. The molecule has 1 amide bonds. The van der Waals surface area contributed by atoms with Crippen LogP contribution in [0.2, 0.25) is 5.02 Å². The number of nitrogens with zero attached hydrogens (tertiary/aromatic N) is 3. The molecule has 0 spiro atoms. The fourth-order valence-electron chi connectivity index (χ4n) is 3.00. The SMILES string of the molecule is Cc1ccc(Nc2nc(NCC(=O)Nc3ccc(Cl)cc3)nc(Nc3ccc(C)cc3)n2)cc1. The van der Waals surface area contributed by atoms with E-state index < -0.39 is 0 Å². The van der Waals surface area contributed by atoms with E-state index in [0.717, 1.165) is 22.5 Å². The molecule has 0 bridgehead atoms. The summed E-state index contributed by atoms with van der Waals surface area (Å²) >= 11 is 5.89. The Balaban J connectivity index is 1.50. The fourth-order valence-corrected chi connectivity index (χ4v) is 3.12. The Bertz CT molecular complexity index is 1190. The summed E-state index contributed by atoms with van der Waals surface area (Å²) in [5, 5.41) is 12.7. The van der Waals surface area contributed by atoms with Crippen LogP contribution in [0, 0.1) is 13.8 Å². The lowest BCUT2D eigenvalue weighted by Gasteiger charge is -2.12. The molecule has 4 N–H and O–H groups in total. The van der Waals surface area contributed by atoms with E-state index in [-0.39, 0.29) is 18.4 Å². The third-order valence-electron chi connectivity index (χ3n) is 4.79. The van der Waals surface area contributed by atoms with Gasteiger partial charge in [0.15, 0.2) is 0 Å². The van der Waals surface area contributed by atoms with Gasteiger partial charge in [-0.1, -0.05) is 47.0 Å². The van der Waals surface area contributed by atoms with Crippen LogP contribution in [0.25, 0.3) is 0 Å². The van der Waals surface area contributed by atoms with Crippen molar-refractivity contribution in [3.8, 4) is 0 Å². The van der Waals surface area contributed by atoms with Gasteiger partial charge in [-0.2, -0.15) is 15.0 Å². The highest BCUT2D eigenvalue weighted by molar-refractivity contribution is 6.30. The highest BCUT2D eigenvalue weighted by Crippen LogP contribution is 2.19. The molecule has 1 heterocycles. The van der Waals surface area contributed by atoms with Crippen LogP contribution < -0.4 is 21.3 Å². The van der Waals surface area contributed by atoms with Crippen molar-refractivity contribution >= 4 is 52.4 Å². The lowest BCUT2D eigenvalue weighted by Crippen LogP contribution is -2.23.